The Hall–Kier alpha value is -4.85. The van der Waals surface area contributed by atoms with Gasteiger partial charge in [0.05, 0.1) is 24.2 Å². The number of aromatic nitrogens is 3. The van der Waals surface area contributed by atoms with E-state index in [4.69, 9.17) is 4.74 Å². The van der Waals surface area contributed by atoms with Gasteiger partial charge in [0, 0.05) is 18.2 Å². The number of rotatable bonds is 11. The van der Waals surface area contributed by atoms with Crippen LogP contribution in [-0.2, 0) is 11.2 Å². The van der Waals surface area contributed by atoms with Crippen LogP contribution < -0.4 is 19.7 Å². The van der Waals surface area contributed by atoms with Gasteiger partial charge in [-0.15, -0.1) is 18.3 Å². The van der Waals surface area contributed by atoms with E-state index in [2.05, 4.69) is 32.1 Å². The normalized spacial score (nSPS) is 14.9. The summed E-state index contributed by atoms with van der Waals surface area (Å²) in [6, 6.07) is 18.3. The standard InChI is InChI=1S/C34H35F3N6O4S/c1-21(2)28-14-13-27(46-4)18-29(28)43-30(44)19-48-33(43)40-32(45)38-16-15-22(3)17-23-5-7-24(8-6-23)31-39-20-42(41-31)25-9-11-26(12-10-25)47-34(35,36)37/h5-14,18,20-22H,15-17,19H2,1-4H3,(H,38,45). The van der Waals surface area contributed by atoms with Crippen LogP contribution in [0.3, 0.4) is 0 Å². The van der Waals surface area contributed by atoms with E-state index in [1.165, 1.54) is 51.9 Å². The van der Waals surface area contributed by atoms with Crippen LogP contribution in [0.5, 0.6) is 11.5 Å². The molecule has 3 amide bonds. The Morgan fingerprint density at radius 3 is 2.42 bits per heavy atom. The molecule has 14 heteroatoms. The van der Waals surface area contributed by atoms with Gasteiger partial charge >= 0.3 is 12.4 Å². The Bertz CT molecular complexity index is 1770. The van der Waals surface area contributed by atoms with Crippen LogP contribution in [0.15, 0.2) is 78.0 Å². The van der Waals surface area contributed by atoms with Gasteiger partial charge in [0.1, 0.15) is 17.8 Å². The minimum atomic E-state index is -4.75. The van der Waals surface area contributed by atoms with E-state index in [9.17, 15) is 22.8 Å². The minimum absolute atomic E-state index is 0.140. The monoisotopic (exact) mass is 680 g/mol. The van der Waals surface area contributed by atoms with Crippen molar-refractivity contribution in [2.45, 2.75) is 45.9 Å². The van der Waals surface area contributed by atoms with Crippen LogP contribution in [0.1, 0.15) is 44.2 Å². The number of nitrogens with zero attached hydrogens (tertiary/aromatic N) is 5. The predicted octanol–water partition coefficient (Wildman–Crippen LogP) is 7.38. The van der Waals surface area contributed by atoms with Gasteiger partial charge in [-0.25, -0.2) is 14.5 Å². The maximum absolute atomic E-state index is 12.8. The lowest BCUT2D eigenvalue weighted by Gasteiger charge is -2.22. The van der Waals surface area contributed by atoms with Gasteiger partial charge in [-0.05, 0) is 66.1 Å². The van der Waals surface area contributed by atoms with Gasteiger partial charge in [0.2, 0.25) is 5.91 Å². The van der Waals surface area contributed by atoms with Crippen molar-refractivity contribution < 1.29 is 32.2 Å². The first kappa shape index (κ1) is 34.5. The lowest BCUT2D eigenvalue weighted by atomic mass is 9.97. The molecule has 1 aromatic heterocycles. The number of alkyl halides is 3. The van der Waals surface area contributed by atoms with Crippen LogP contribution in [0, 0.1) is 5.92 Å². The third-order valence-electron chi connectivity index (χ3n) is 7.60. The van der Waals surface area contributed by atoms with Crippen LogP contribution in [0.4, 0.5) is 23.7 Å². The summed E-state index contributed by atoms with van der Waals surface area (Å²) in [5.74, 6) is 1.25. The Balaban J connectivity index is 1.13. The number of thioether (sulfide) groups is 1. The first-order valence-corrected chi connectivity index (χ1v) is 16.3. The largest absolute Gasteiger partial charge is 0.573 e. The summed E-state index contributed by atoms with van der Waals surface area (Å²) >= 11 is 1.23. The molecule has 0 spiro atoms. The number of benzene rings is 3. The van der Waals surface area contributed by atoms with Gasteiger partial charge < -0.3 is 14.8 Å². The Morgan fingerprint density at radius 1 is 1.04 bits per heavy atom. The van der Waals surface area contributed by atoms with Crippen LogP contribution >= 0.6 is 11.8 Å². The quantitative estimate of drug-likeness (QED) is 0.176. The molecule has 10 nitrogen and oxygen atoms in total. The number of nitrogens with one attached hydrogen (secondary N) is 1. The average Bonchev–Trinajstić information content (AvgIpc) is 3.67. The highest BCUT2D eigenvalue weighted by Crippen LogP contribution is 2.36. The smallest absolute Gasteiger partial charge is 0.497 e. The van der Waals surface area contributed by atoms with E-state index >= 15 is 0 Å². The van der Waals surface area contributed by atoms with Gasteiger partial charge in [0.25, 0.3) is 0 Å². The summed E-state index contributed by atoms with van der Waals surface area (Å²) in [7, 11) is 1.57. The highest BCUT2D eigenvalue weighted by molar-refractivity contribution is 8.15. The highest BCUT2D eigenvalue weighted by atomic mass is 32.2. The molecule has 1 N–H and O–H groups in total. The molecule has 5 rings (SSSR count). The Kier molecular flexibility index (Phi) is 10.7. The maximum atomic E-state index is 12.8. The van der Waals surface area contributed by atoms with E-state index in [1.54, 1.807) is 13.2 Å². The number of hydrogen-bond donors (Lipinski definition) is 1. The molecule has 252 valence electrons. The van der Waals surface area contributed by atoms with Crippen molar-refractivity contribution in [2.75, 3.05) is 24.3 Å². The summed E-state index contributed by atoms with van der Waals surface area (Å²) in [6.45, 7) is 6.61. The molecule has 1 aliphatic rings. The topological polar surface area (TPSA) is 111 Å². The number of aliphatic imine (C=N–C) groups is 1. The molecule has 0 aliphatic carbocycles. The summed E-state index contributed by atoms with van der Waals surface area (Å²) in [5, 5.41) is 7.64. The van der Waals surface area contributed by atoms with E-state index in [1.807, 2.05) is 50.2 Å². The molecule has 4 aromatic rings. The fraction of sp³-hybridized carbons (Fsp3) is 0.324. The third kappa shape index (κ3) is 8.73. The van der Waals surface area contributed by atoms with E-state index in [-0.39, 0.29) is 29.2 Å². The molecule has 0 bridgehead atoms. The second kappa shape index (κ2) is 14.9. The first-order valence-electron chi connectivity index (χ1n) is 15.3. The molecular weight excluding hydrogens is 645 g/mol. The first-order chi connectivity index (χ1) is 22.9. The van der Waals surface area contributed by atoms with Gasteiger partial charge in [0.15, 0.2) is 11.0 Å². The Morgan fingerprint density at radius 2 is 1.75 bits per heavy atom. The fourth-order valence-corrected chi connectivity index (χ4v) is 6.04. The van der Waals surface area contributed by atoms with Gasteiger partial charge in [-0.3, -0.25) is 9.69 Å². The summed E-state index contributed by atoms with van der Waals surface area (Å²) < 4.78 is 48.0. The summed E-state index contributed by atoms with van der Waals surface area (Å²) in [5.41, 5.74) is 4.06. The molecule has 1 fully saturated rings. The fourth-order valence-electron chi connectivity index (χ4n) is 5.18. The number of amidine groups is 1. The van der Waals surface area contributed by atoms with Gasteiger partial charge in [-0.1, -0.05) is 62.9 Å². The molecule has 48 heavy (non-hydrogen) atoms. The van der Waals surface area contributed by atoms with Crippen LogP contribution in [0.25, 0.3) is 17.1 Å². The van der Waals surface area contributed by atoms with Crippen molar-refractivity contribution in [1.82, 2.24) is 20.1 Å². The van der Waals surface area contributed by atoms with E-state index in [0.29, 0.717) is 34.7 Å². The molecule has 1 saturated heterocycles. The average molecular weight is 681 g/mol. The van der Waals surface area contributed by atoms with Crippen molar-refractivity contribution in [3.8, 4) is 28.6 Å². The van der Waals surface area contributed by atoms with Crippen molar-refractivity contribution in [2.24, 2.45) is 10.9 Å². The third-order valence-corrected chi connectivity index (χ3v) is 8.52. The number of methoxy groups -OCH3 is 1. The minimum Gasteiger partial charge on any atom is -0.497 e. The molecule has 1 aliphatic heterocycles. The Labute approximate surface area is 280 Å². The zero-order valence-corrected chi connectivity index (χ0v) is 27.6. The number of ether oxygens (including phenoxy) is 2. The number of amides is 3. The number of hydrogen-bond acceptors (Lipinski definition) is 7. The summed E-state index contributed by atoms with van der Waals surface area (Å²) in [4.78, 5) is 35.7. The van der Waals surface area contributed by atoms with E-state index < -0.39 is 12.4 Å². The van der Waals surface area contributed by atoms with Crippen molar-refractivity contribution >= 4 is 34.6 Å². The molecule has 3 aromatic carbocycles. The highest BCUT2D eigenvalue weighted by Gasteiger charge is 2.33. The van der Waals surface area contributed by atoms with Gasteiger partial charge in [-0.2, -0.15) is 4.99 Å². The zero-order valence-electron chi connectivity index (χ0n) is 26.8. The number of anilines is 1. The lowest BCUT2D eigenvalue weighted by molar-refractivity contribution is -0.274. The number of halogens is 3. The second-order valence-electron chi connectivity index (χ2n) is 11.6. The number of urea groups is 1. The van der Waals surface area contributed by atoms with Crippen LogP contribution in [-0.4, -0.2) is 57.6 Å². The van der Waals surface area contributed by atoms with Crippen molar-refractivity contribution in [3.05, 3.63) is 84.2 Å². The second-order valence-corrected chi connectivity index (χ2v) is 12.5. The zero-order chi connectivity index (χ0) is 34.4. The maximum Gasteiger partial charge on any atom is 0.573 e. The SMILES string of the molecule is COc1ccc(C(C)C)c(N2C(=O)CSC2=NC(=O)NCCC(C)Cc2ccc(-c3ncn(-c4ccc(OC(F)(F)F)cc4)n3)cc2)c1. The van der Waals surface area contributed by atoms with E-state index in [0.717, 1.165) is 29.5 Å². The van der Waals surface area contributed by atoms with Crippen LogP contribution in [0.2, 0.25) is 0 Å². The molecule has 1 unspecified atom stereocenters. The number of carbonyl (C=O) groups is 2. The molecule has 1 atom stereocenters. The van der Waals surface area contributed by atoms with Crippen molar-refractivity contribution in [1.29, 1.82) is 0 Å². The summed E-state index contributed by atoms with van der Waals surface area (Å²) in [6.07, 6.45) is -1.76. The molecule has 0 radical (unpaired) electrons. The number of carbonyl (C=O) groups excluding carboxylic acids is 2. The van der Waals surface area contributed by atoms with Crippen molar-refractivity contribution in [3.63, 3.8) is 0 Å². The molecule has 2 heterocycles. The lowest BCUT2D eigenvalue weighted by Crippen LogP contribution is -2.32. The molecular formula is C34H35F3N6O4S. The molecule has 0 saturated carbocycles. The predicted molar refractivity (Wildman–Crippen MR) is 179 cm³/mol.